The predicted molar refractivity (Wildman–Crippen MR) is 67.6 cm³/mol. The second-order valence-corrected chi connectivity index (χ2v) is 5.17. The molecule has 4 heteroatoms. The molecular formula is C11H22N2OS. The van der Waals surface area contributed by atoms with E-state index in [1.54, 1.807) is 0 Å². The molecule has 1 heterocycles. The second-order valence-electron chi connectivity index (χ2n) is 4.17. The van der Waals surface area contributed by atoms with Gasteiger partial charge in [0.25, 0.3) is 0 Å². The van der Waals surface area contributed by atoms with Gasteiger partial charge >= 0.3 is 0 Å². The van der Waals surface area contributed by atoms with Crippen LogP contribution in [0.4, 0.5) is 0 Å². The third-order valence-electron chi connectivity index (χ3n) is 2.20. The number of hydrogen-bond acceptors (Lipinski definition) is 3. The lowest BCUT2D eigenvalue weighted by molar-refractivity contribution is 0.156. The van der Waals surface area contributed by atoms with Crippen molar-refractivity contribution < 1.29 is 4.74 Å². The number of nitrogens with one attached hydrogen (secondary N) is 1. The van der Waals surface area contributed by atoms with Crippen LogP contribution in [-0.2, 0) is 4.74 Å². The van der Waals surface area contributed by atoms with Gasteiger partial charge < -0.3 is 10.1 Å². The van der Waals surface area contributed by atoms with E-state index in [2.05, 4.69) is 24.2 Å². The molecule has 1 saturated heterocycles. The first-order valence-electron chi connectivity index (χ1n) is 5.74. The molecule has 0 spiro atoms. The van der Waals surface area contributed by atoms with E-state index in [1.165, 1.54) is 6.42 Å². The Kier molecular flexibility index (Phi) is 6.10. The van der Waals surface area contributed by atoms with E-state index in [4.69, 9.17) is 4.74 Å². The third-order valence-corrected chi connectivity index (χ3v) is 3.29. The average molecular weight is 230 g/mol. The minimum absolute atomic E-state index is 0.612. The SMILES string of the molecule is CCOCCN=C1NC(CC(C)C)CS1. The first-order valence-corrected chi connectivity index (χ1v) is 6.72. The molecule has 0 aliphatic carbocycles. The number of hydrogen-bond donors (Lipinski definition) is 1. The predicted octanol–water partition coefficient (Wildman–Crippen LogP) is 2.13. The van der Waals surface area contributed by atoms with Gasteiger partial charge in [0, 0.05) is 18.4 Å². The molecule has 0 aromatic carbocycles. The normalized spacial score (nSPS) is 23.7. The van der Waals surface area contributed by atoms with Gasteiger partial charge in [-0.25, -0.2) is 0 Å². The van der Waals surface area contributed by atoms with Crippen molar-refractivity contribution in [3.63, 3.8) is 0 Å². The number of nitrogens with zero attached hydrogens (tertiary/aromatic N) is 1. The summed E-state index contributed by atoms with van der Waals surface area (Å²) in [6.07, 6.45) is 1.23. The van der Waals surface area contributed by atoms with Gasteiger partial charge in [-0.2, -0.15) is 0 Å². The highest BCUT2D eigenvalue weighted by Crippen LogP contribution is 2.18. The topological polar surface area (TPSA) is 33.6 Å². The zero-order valence-corrected chi connectivity index (χ0v) is 10.8. The first kappa shape index (κ1) is 12.8. The van der Waals surface area contributed by atoms with Gasteiger partial charge in [0.2, 0.25) is 0 Å². The summed E-state index contributed by atoms with van der Waals surface area (Å²) in [6, 6.07) is 0.612. The number of rotatable bonds is 6. The van der Waals surface area contributed by atoms with Crippen LogP contribution >= 0.6 is 11.8 Å². The van der Waals surface area contributed by atoms with E-state index >= 15 is 0 Å². The summed E-state index contributed by atoms with van der Waals surface area (Å²) in [5.41, 5.74) is 0. The van der Waals surface area contributed by atoms with Gasteiger partial charge in [0.15, 0.2) is 5.17 Å². The van der Waals surface area contributed by atoms with Crippen molar-refractivity contribution in [2.24, 2.45) is 10.9 Å². The van der Waals surface area contributed by atoms with Crippen molar-refractivity contribution in [3.05, 3.63) is 0 Å². The maximum atomic E-state index is 5.24. The van der Waals surface area contributed by atoms with Crippen LogP contribution in [0.3, 0.4) is 0 Å². The maximum absolute atomic E-state index is 5.24. The van der Waals surface area contributed by atoms with Gasteiger partial charge in [-0.3, -0.25) is 4.99 Å². The Morgan fingerprint density at radius 1 is 1.60 bits per heavy atom. The Labute approximate surface area is 97.1 Å². The summed E-state index contributed by atoms with van der Waals surface area (Å²) in [7, 11) is 0. The third kappa shape index (κ3) is 5.42. The Hall–Kier alpha value is -0.220. The molecule has 0 aromatic heterocycles. The molecule has 15 heavy (non-hydrogen) atoms. The van der Waals surface area contributed by atoms with Gasteiger partial charge in [-0.05, 0) is 19.3 Å². The Balaban J connectivity index is 2.17. The molecule has 1 fully saturated rings. The van der Waals surface area contributed by atoms with Crippen LogP contribution < -0.4 is 5.32 Å². The average Bonchev–Trinajstić information content (AvgIpc) is 2.59. The highest BCUT2D eigenvalue weighted by molar-refractivity contribution is 8.14. The largest absolute Gasteiger partial charge is 0.380 e. The molecule has 3 nitrogen and oxygen atoms in total. The molecule has 88 valence electrons. The molecule has 0 aromatic rings. The minimum atomic E-state index is 0.612. The zero-order chi connectivity index (χ0) is 11.1. The van der Waals surface area contributed by atoms with Crippen LogP contribution in [0.15, 0.2) is 4.99 Å². The number of ether oxygens (including phenoxy) is 1. The molecule has 1 aliphatic heterocycles. The standard InChI is InChI=1S/C11H22N2OS/c1-4-14-6-5-12-11-13-10(8-15-11)7-9(2)3/h9-10H,4-8H2,1-3H3,(H,12,13). The number of aliphatic imine (C=N–C) groups is 1. The van der Waals surface area contributed by atoms with Crippen molar-refractivity contribution in [1.82, 2.24) is 5.32 Å². The summed E-state index contributed by atoms with van der Waals surface area (Å²) in [5.74, 6) is 1.91. The van der Waals surface area contributed by atoms with Gasteiger partial charge in [0.05, 0.1) is 13.2 Å². The first-order chi connectivity index (χ1) is 7.22. The zero-order valence-electron chi connectivity index (χ0n) is 9.95. The van der Waals surface area contributed by atoms with Gasteiger partial charge in [-0.15, -0.1) is 0 Å². The van der Waals surface area contributed by atoms with E-state index in [1.807, 2.05) is 18.7 Å². The molecule has 0 radical (unpaired) electrons. The fourth-order valence-corrected chi connectivity index (χ4v) is 2.59. The smallest absolute Gasteiger partial charge is 0.156 e. The van der Waals surface area contributed by atoms with Crippen LogP contribution in [-0.4, -0.2) is 36.7 Å². The number of thioether (sulfide) groups is 1. The van der Waals surface area contributed by atoms with Crippen LogP contribution in [0.5, 0.6) is 0 Å². The molecule has 1 atom stereocenters. The Morgan fingerprint density at radius 2 is 2.40 bits per heavy atom. The summed E-state index contributed by atoms with van der Waals surface area (Å²) in [5, 5.41) is 4.55. The summed E-state index contributed by atoms with van der Waals surface area (Å²) < 4.78 is 5.24. The minimum Gasteiger partial charge on any atom is -0.380 e. The van der Waals surface area contributed by atoms with Gasteiger partial charge in [0.1, 0.15) is 0 Å². The van der Waals surface area contributed by atoms with Gasteiger partial charge in [-0.1, -0.05) is 25.6 Å². The van der Waals surface area contributed by atoms with Crippen molar-refractivity contribution in [2.75, 3.05) is 25.5 Å². The molecule has 0 amide bonds. The molecular weight excluding hydrogens is 208 g/mol. The van der Waals surface area contributed by atoms with Crippen molar-refractivity contribution in [1.29, 1.82) is 0 Å². The Bertz CT molecular complexity index is 207. The molecule has 1 unspecified atom stereocenters. The van der Waals surface area contributed by atoms with Crippen LogP contribution in [0.1, 0.15) is 27.2 Å². The molecule has 0 bridgehead atoms. The second kappa shape index (κ2) is 7.12. The maximum Gasteiger partial charge on any atom is 0.156 e. The summed E-state index contributed by atoms with van der Waals surface area (Å²) >= 11 is 1.83. The lowest BCUT2D eigenvalue weighted by Crippen LogP contribution is -2.28. The monoisotopic (exact) mass is 230 g/mol. The summed E-state index contributed by atoms with van der Waals surface area (Å²) in [6.45, 7) is 8.82. The molecule has 1 rings (SSSR count). The fourth-order valence-electron chi connectivity index (χ4n) is 1.58. The van der Waals surface area contributed by atoms with Crippen LogP contribution in [0.25, 0.3) is 0 Å². The van der Waals surface area contributed by atoms with E-state index in [0.717, 1.165) is 36.6 Å². The molecule has 0 saturated carbocycles. The van der Waals surface area contributed by atoms with Crippen molar-refractivity contribution in [2.45, 2.75) is 33.2 Å². The van der Waals surface area contributed by atoms with E-state index < -0.39 is 0 Å². The van der Waals surface area contributed by atoms with E-state index in [0.29, 0.717) is 6.04 Å². The quantitative estimate of drug-likeness (QED) is 0.710. The lowest BCUT2D eigenvalue weighted by Gasteiger charge is -2.11. The fraction of sp³-hybridized carbons (Fsp3) is 0.909. The van der Waals surface area contributed by atoms with Crippen molar-refractivity contribution >= 4 is 16.9 Å². The summed E-state index contributed by atoms with van der Waals surface area (Å²) in [4.78, 5) is 4.46. The highest BCUT2D eigenvalue weighted by atomic mass is 32.2. The van der Waals surface area contributed by atoms with Crippen molar-refractivity contribution in [3.8, 4) is 0 Å². The molecule has 1 aliphatic rings. The van der Waals surface area contributed by atoms with E-state index in [9.17, 15) is 0 Å². The molecule has 1 N–H and O–H groups in total. The van der Waals surface area contributed by atoms with Crippen LogP contribution in [0.2, 0.25) is 0 Å². The lowest BCUT2D eigenvalue weighted by atomic mass is 10.1. The van der Waals surface area contributed by atoms with E-state index in [-0.39, 0.29) is 0 Å². The number of amidine groups is 1. The van der Waals surface area contributed by atoms with Crippen LogP contribution in [0, 0.1) is 5.92 Å². The highest BCUT2D eigenvalue weighted by Gasteiger charge is 2.20. The Morgan fingerprint density at radius 3 is 3.07 bits per heavy atom.